The van der Waals surface area contributed by atoms with Crippen molar-refractivity contribution in [2.75, 3.05) is 0 Å². The zero-order valence-corrected chi connectivity index (χ0v) is 10.5. The van der Waals surface area contributed by atoms with E-state index in [2.05, 4.69) is 17.1 Å². The molecular weight excluding hydrogens is 226 g/mol. The molecule has 0 bridgehead atoms. The molecule has 2 aromatic rings. The molecule has 0 atom stereocenters. The highest BCUT2D eigenvalue weighted by Gasteiger charge is 2.34. The molecule has 0 amide bonds. The van der Waals surface area contributed by atoms with Crippen molar-refractivity contribution >= 4 is 0 Å². The van der Waals surface area contributed by atoms with Crippen LogP contribution in [0.25, 0.3) is 11.4 Å². The Morgan fingerprint density at radius 2 is 2.00 bits per heavy atom. The van der Waals surface area contributed by atoms with Gasteiger partial charge >= 0.3 is 0 Å². The molecule has 1 heterocycles. The lowest BCUT2D eigenvalue weighted by molar-refractivity contribution is 0.222. The third-order valence-electron chi connectivity index (χ3n) is 3.63. The first-order valence-corrected chi connectivity index (χ1v) is 6.33. The molecular formula is C14H17N3O. The molecule has 0 saturated heterocycles. The van der Waals surface area contributed by atoms with Crippen LogP contribution < -0.4 is 5.73 Å². The second kappa shape index (κ2) is 4.21. The SMILES string of the molecule is Cc1ccc(-c2noc(CC3(N)CCC3)n2)cc1. The second-order valence-electron chi connectivity index (χ2n) is 5.27. The first-order valence-electron chi connectivity index (χ1n) is 6.33. The molecule has 94 valence electrons. The Morgan fingerprint density at radius 1 is 1.28 bits per heavy atom. The molecule has 1 aromatic heterocycles. The summed E-state index contributed by atoms with van der Waals surface area (Å²) in [5, 5.41) is 4.02. The summed E-state index contributed by atoms with van der Waals surface area (Å²) < 4.78 is 5.28. The first kappa shape index (κ1) is 11.4. The smallest absolute Gasteiger partial charge is 0.228 e. The molecule has 18 heavy (non-hydrogen) atoms. The summed E-state index contributed by atoms with van der Waals surface area (Å²) in [6, 6.07) is 8.10. The van der Waals surface area contributed by atoms with Gasteiger partial charge in [-0.1, -0.05) is 35.0 Å². The van der Waals surface area contributed by atoms with E-state index in [9.17, 15) is 0 Å². The Hall–Kier alpha value is -1.68. The Morgan fingerprint density at radius 3 is 2.61 bits per heavy atom. The van der Waals surface area contributed by atoms with E-state index in [1.54, 1.807) is 0 Å². The Balaban J connectivity index is 1.78. The Labute approximate surface area is 106 Å². The summed E-state index contributed by atoms with van der Waals surface area (Å²) in [5.74, 6) is 1.29. The molecule has 1 aromatic carbocycles. The minimum Gasteiger partial charge on any atom is -0.339 e. The highest BCUT2D eigenvalue weighted by atomic mass is 16.5. The van der Waals surface area contributed by atoms with Crippen LogP contribution in [0.5, 0.6) is 0 Å². The largest absolute Gasteiger partial charge is 0.339 e. The molecule has 2 N–H and O–H groups in total. The number of nitrogens with zero attached hydrogens (tertiary/aromatic N) is 2. The van der Waals surface area contributed by atoms with E-state index in [0.717, 1.165) is 18.4 Å². The van der Waals surface area contributed by atoms with Gasteiger partial charge < -0.3 is 10.3 Å². The third kappa shape index (κ3) is 2.16. The number of nitrogens with two attached hydrogens (primary N) is 1. The average Bonchev–Trinajstić information content (AvgIpc) is 2.76. The van der Waals surface area contributed by atoms with Crippen LogP contribution in [0, 0.1) is 6.92 Å². The van der Waals surface area contributed by atoms with Crippen molar-refractivity contribution < 1.29 is 4.52 Å². The van der Waals surface area contributed by atoms with Crippen molar-refractivity contribution in [1.29, 1.82) is 0 Å². The van der Waals surface area contributed by atoms with Crippen molar-refractivity contribution in [3.05, 3.63) is 35.7 Å². The van der Waals surface area contributed by atoms with E-state index in [-0.39, 0.29) is 5.54 Å². The van der Waals surface area contributed by atoms with Gasteiger partial charge in [0.1, 0.15) is 0 Å². The van der Waals surface area contributed by atoms with Crippen LogP contribution in [-0.2, 0) is 6.42 Å². The fourth-order valence-corrected chi connectivity index (χ4v) is 2.26. The molecule has 4 nitrogen and oxygen atoms in total. The van der Waals surface area contributed by atoms with Crippen molar-refractivity contribution in [1.82, 2.24) is 10.1 Å². The topological polar surface area (TPSA) is 64.9 Å². The van der Waals surface area contributed by atoms with Gasteiger partial charge in [0, 0.05) is 17.5 Å². The number of hydrogen-bond donors (Lipinski definition) is 1. The summed E-state index contributed by atoms with van der Waals surface area (Å²) in [6.45, 7) is 2.06. The van der Waals surface area contributed by atoms with Gasteiger partial charge in [-0.2, -0.15) is 4.98 Å². The maximum Gasteiger partial charge on any atom is 0.228 e. The molecule has 1 saturated carbocycles. The number of rotatable bonds is 3. The van der Waals surface area contributed by atoms with Crippen molar-refractivity contribution in [2.24, 2.45) is 5.73 Å². The van der Waals surface area contributed by atoms with E-state index in [1.807, 2.05) is 24.3 Å². The van der Waals surface area contributed by atoms with Gasteiger partial charge in [-0.3, -0.25) is 0 Å². The second-order valence-corrected chi connectivity index (χ2v) is 5.27. The molecule has 4 heteroatoms. The predicted molar refractivity (Wildman–Crippen MR) is 68.9 cm³/mol. The van der Waals surface area contributed by atoms with Gasteiger partial charge in [-0.05, 0) is 26.2 Å². The normalized spacial score (nSPS) is 17.4. The molecule has 1 aliphatic carbocycles. The Kier molecular flexibility index (Phi) is 2.67. The summed E-state index contributed by atoms with van der Waals surface area (Å²) in [6.07, 6.45) is 3.99. The highest BCUT2D eigenvalue weighted by molar-refractivity contribution is 5.54. The Bertz CT molecular complexity index is 540. The van der Waals surface area contributed by atoms with Crippen LogP contribution >= 0.6 is 0 Å². The van der Waals surface area contributed by atoms with Crippen LogP contribution in [0.2, 0.25) is 0 Å². The molecule has 3 rings (SSSR count). The van der Waals surface area contributed by atoms with E-state index in [4.69, 9.17) is 10.3 Å². The van der Waals surface area contributed by atoms with Crippen molar-refractivity contribution in [2.45, 2.75) is 38.1 Å². The standard InChI is InChI=1S/C14H17N3O/c1-10-3-5-11(6-4-10)13-16-12(18-17-13)9-14(15)7-2-8-14/h3-6H,2,7-9,15H2,1H3. The lowest BCUT2D eigenvalue weighted by Gasteiger charge is -2.36. The first-order chi connectivity index (χ1) is 8.65. The fourth-order valence-electron chi connectivity index (χ4n) is 2.26. The number of hydrogen-bond acceptors (Lipinski definition) is 4. The predicted octanol–water partition coefficient (Wildman–Crippen LogP) is 2.47. The van der Waals surface area contributed by atoms with Crippen LogP contribution in [0.15, 0.2) is 28.8 Å². The van der Waals surface area contributed by atoms with Gasteiger partial charge in [0.15, 0.2) is 0 Å². The van der Waals surface area contributed by atoms with Gasteiger partial charge in [0.25, 0.3) is 0 Å². The minimum absolute atomic E-state index is 0.114. The lowest BCUT2D eigenvalue weighted by atomic mass is 9.75. The zero-order chi connectivity index (χ0) is 12.6. The van der Waals surface area contributed by atoms with E-state index in [1.165, 1.54) is 12.0 Å². The average molecular weight is 243 g/mol. The number of aryl methyl sites for hydroxylation is 1. The zero-order valence-electron chi connectivity index (χ0n) is 10.5. The molecule has 0 radical (unpaired) electrons. The van der Waals surface area contributed by atoms with Gasteiger partial charge in [-0.15, -0.1) is 0 Å². The minimum atomic E-state index is -0.114. The van der Waals surface area contributed by atoms with E-state index < -0.39 is 0 Å². The van der Waals surface area contributed by atoms with Crippen LogP contribution in [0.1, 0.15) is 30.7 Å². The van der Waals surface area contributed by atoms with Crippen molar-refractivity contribution in [3.63, 3.8) is 0 Å². The summed E-state index contributed by atoms with van der Waals surface area (Å²) >= 11 is 0. The molecule has 0 spiro atoms. The maximum absolute atomic E-state index is 6.17. The number of aromatic nitrogens is 2. The maximum atomic E-state index is 6.17. The van der Waals surface area contributed by atoms with Crippen LogP contribution in [0.3, 0.4) is 0 Å². The van der Waals surface area contributed by atoms with Crippen LogP contribution in [0.4, 0.5) is 0 Å². The monoisotopic (exact) mass is 243 g/mol. The fraction of sp³-hybridized carbons (Fsp3) is 0.429. The van der Waals surface area contributed by atoms with E-state index >= 15 is 0 Å². The molecule has 0 aliphatic heterocycles. The van der Waals surface area contributed by atoms with Gasteiger partial charge in [-0.25, -0.2) is 0 Å². The van der Waals surface area contributed by atoms with E-state index in [0.29, 0.717) is 18.1 Å². The lowest BCUT2D eigenvalue weighted by Crippen LogP contribution is -2.48. The van der Waals surface area contributed by atoms with Gasteiger partial charge in [0.2, 0.25) is 11.7 Å². The molecule has 1 aliphatic rings. The summed E-state index contributed by atoms with van der Waals surface area (Å²) in [4.78, 5) is 4.42. The quantitative estimate of drug-likeness (QED) is 0.899. The molecule has 1 fully saturated rings. The number of benzene rings is 1. The van der Waals surface area contributed by atoms with Gasteiger partial charge in [0.05, 0.1) is 0 Å². The molecule has 0 unspecified atom stereocenters. The summed E-state index contributed by atoms with van der Waals surface area (Å²) in [5.41, 5.74) is 8.26. The van der Waals surface area contributed by atoms with Crippen molar-refractivity contribution in [3.8, 4) is 11.4 Å². The highest BCUT2D eigenvalue weighted by Crippen LogP contribution is 2.32. The third-order valence-corrected chi connectivity index (χ3v) is 3.63. The summed E-state index contributed by atoms with van der Waals surface area (Å²) in [7, 11) is 0. The van der Waals surface area contributed by atoms with Crippen LogP contribution in [-0.4, -0.2) is 15.7 Å².